The van der Waals surface area contributed by atoms with Crippen LogP contribution < -0.4 is 5.32 Å². The van der Waals surface area contributed by atoms with Gasteiger partial charge in [0.05, 0.1) is 12.6 Å². The molecule has 0 aliphatic carbocycles. The molecule has 7 heteroatoms. The van der Waals surface area contributed by atoms with Crippen molar-refractivity contribution in [2.75, 3.05) is 13.1 Å². The van der Waals surface area contributed by atoms with E-state index in [0.717, 1.165) is 48.2 Å². The highest BCUT2D eigenvalue weighted by Gasteiger charge is 2.28. The van der Waals surface area contributed by atoms with E-state index < -0.39 is 0 Å². The third kappa shape index (κ3) is 5.66. The Morgan fingerprint density at radius 1 is 1.06 bits per heavy atom. The molecule has 36 heavy (non-hydrogen) atoms. The van der Waals surface area contributed by atoms with Crippen LogP contribution in [0, 0.1) is 12.8 Å². The van der Waals surface area contributed by atoms with Gasteiger partial charge in [-0.2, -0.15) is 4.98 Å². The summed E-state index contributed by atoms with van der Waals surface area (Å²) in [6.07, 6.45) is 1.58. The van der Waals surface area contributed by atoms with E-state index in [4.69, 9.17) is 16.1 Å². The molecule has 1 atom stereocenters. The van der Waals surface area contributed by atoms with Crippen molar-refractivity contribution >= 4 is 17.5 Å². The summed E-state index contributed by atoms with van der Waals surface area (Å²) in [5.41, 5.74) is 4.21. The van der Waals surface area contributed by atoms with E-state index in [9.17, 15) is 4.79 Å². The van der Waals surface area contributed by atoms with Gasteiger partial charge in [0.15, 0.2) is 0 Å². The zero-order valence-corrected chi connectivity index (χ0v) is 21.0. The van der Waals surface area contributed by atoms with Crippen molar-refractivity contribution in [2.24, 2.45) is 5.92 Å². The van der Waals surface area contributed by atoms with Gasteiger partial charge < -0.3 is 9.84 Å². The second kappa shape index (κ2) is 11.1. The Bertz CT molecular complexity index is 1320. The second-order valence-corrected chi connectivity index (χ2v) is 9.72. The minimum Gasteiger partial charge on any atom is -0.345 e. The van der Waals surface area contributed by atoms with Gasteiger partial charge in [-0.15, -0.1) is 0 Å². The molecule has 0 bridgehead atoms. The van der Waals surface area contributed by atoms with Crippen LogP contribution in [0.3, 0.4) is 0 Å². The third-order valence-corrected chi connectivity index (χ3v) is 7.02. The molecule has 1 unspecified atom stereocenters. The van der Waals surface area contributed by atoms with Crippen molar-refractivity contribution in [3.05, 3.63) is 106 Å². The fraction of sp³-hybridized carbons (Fsp3) is 0.276. The lowest BCUT2D eigenvalue weighted by Gasteiger charge is -2.31. The van der Waals surface area contributed by atoms with E-state index in [1.807, 2.05) is 54.6 Å². The number of aryl methyl sites for hydroxylation is 1. The predicted octanol–water partition coefficient (Wildman–Crippen LogP) is 5.82. The molecule has 4 aromatic rings. The van der Waals surface area contributed by atoms with E-state index in [1.165, 1.54) is 0 Å². The molecule has 2 heterocycles. The van der Waals surface area contributed by atoms with Gasteiger partial charge in [-0.1, -0.05) is 83.5 Å². The van der Waals surface area contributed by atoms with E-state index in [1.54, 1.807) is 0 Å². The molecule has 184 valence electrons. The molecule has 5 rings (SSSR count). The zero-order chi connectivity index (χ0) is 24.9. The van der Waals surface area contributed by atoms with Crippen LogP contribution in [0.25, 0.3) is 11.4 Å². The van der Waals surface area contributed by atoms with E-state index >= 15 is 0 Å². The molecule has 1 saturated heterocycles. The van der Waals surface area contributed by atoms with Crippen LogP contribution in [0.1, 0.15) is 41.5 Å². The van der Waals surface area contributed by atoms with Gasteiger partial charge in [0.25, 0.3) is 0 Å². The lowest BCUT2D eigenvalue weighted by molar-refractivity contribution is -0.127. The summed E-state index contributed by atoms with van der Waals surface area (Å²) in [5, 5.41) is 8.07. The highest BCUT2D eigenvalue weighted by Crippen LogP contribution is 2.27. The molecule has 1 amide bonds. The Hall–Kier alpha value is -3.48. The number of carbonyl (C=O) groups excluding carboxylic acids is 1. The monoisotopic (exact) mass is 500 g/mol. The van der Waals surface area contributed by atoms with Crippen molar-refractivity contribution in [2.45, 2.75) is 32.4 Å². The molecule has 1 aliphatic heterocycles. The Labute approximate surface area is 216 Å². The van der Waals surface area contributed by atoms with E-state index in [0.29, 0.717) is 23.3 Å². The molecule has 1 N–H and O–H groups in total. The maximum atomic E-state index is 13.3. The van der Waals surface area contributed by atoms with Gasteiger partial charge in [-0.25, -0.2) is 0 Å². The first kappa shape index (κ1) is 24.2. The standard InChI is InChI=1S/C29H29ClN4O2/c1-20-8-5-6-13-25(20)27(21-9-3-2-4-10-21)32-29(35)22-14-16-34(17-15-22)19-26-31-28(33-36-26)23-11-7-12-24(30)18-23/h2-13,18,22,27H,14-17,19H2,1H3,(H,32,35). The normalized spacial score (nSPS) is 15.5. The number of rotatable bonds is 7. The largest absolute Gasteiger partial charge is 0.345 e. The lowest BCUT2D eigenvalue weighted by Crippen LogP contribution is -2.41. The Kier molecular flexibility index (Phi) is 7.44. The van der Waals surface area contributed by atoms with Crippen LogP contribution in [-0.2, 0) is 11.3 Å². The molecule has 1 aromatic heterocycles. The number of halogens is 1. The number of nitrogens with one attached hydrogen (secondary N) is 1. The van der Waals surface area contributed by atoms with E-state index in [2.05, 4.69) is 51.5 Å². The maximum absolute atomic E-state index is 13.3. The summed E-state index contributed by atoms with van der Waals surface area (Å²) in [6, 6.07) is 25.6. The fourth-order valence-electron chi connectivity index (χ4n) is 4.77. The van der Waals surface area contributed by atoms with Crippen LogP contribution >= 0.6 is 11.6 Å². The number of likely N-dealkylation sites (tertiary alicyclic amines) is 1. The van der Waals surface area contributed by atoms with Crippen molar-refractivity contribution < 1.29 is 9.32 Å². The topological polar surface area (TPSA) is 71.3 Å². The van der Waals surface area contributed by atoms with Crippen LogP contribution in [0.15, 0.2) is 83.4 Å². The first-order valence-corrected chi connectivity index (χ1v) is 12.7. The highest BCUT2D eigenvalue weighted by atomic mass is 35.5. The molecule has 1 aliphatic rings. The summed E-state index contributed by atoms with van der Waals surface area (Å²) in [7, 11) is 0. The van der Waals surface area contributed by atoms with Gasteiger partial charge in [0.1, 0.15) is 0 Å². The second-order valence-electron chi connectivity index (χ2n) is 9.28. The molecule has 6 nitrogen and oxygen atoms in total. The molecule has 3 aromatic carbocycles. The Balaban J connectivity index is 1.20. The van der Waals surface area contributed by atoms with Gasteiger partial charge in [0.2, 0.25) is 17.6 Å². The molecular formula is C29H29ClN4O2. The molecule has 1 fully saturated rings. The van der Waals surface area contributed by atoms with Crippen LogP contribution in [-0.4, -0.2) is 34.0 Å². The van der Waals surface area contributed by atoms with Crippen molar-refractivity contribution in [1.29, 1.82) is 0 Å². The van der Waals surface area contributed by atoms with Gasteiger partial charge in [-0.05, 0) is 61.7 Å². The van der Waals surface area contributed by atoms with Crippen molar-refractivity contribution in [3.8, 4) is 11.4 Å². The minimum absolute atomic E-state index is 0.0267. The van der Waals surface area contributed by atoms with Gasteiger partial charge in [0, 0.05) is 16.5 Å². The molecule has 0 saturated carbocycles. The van der Waals surface area contributed by atoms with Crippen LogP contribution in [0.2, 0.25) is 5.02 Å². The van der Waals surface area contributed by atoms with Gasteiger partial charge in [-0.3, -0.25) is 9.69 Å². The summed E-state index contributed by atoms with van der Waals surface area (Å²) < 4.78 is 5.47. The Morgan fingerprint density at radius 3 is 2.56 bits per heavy atom. The quantitative estimate of drug-likeness (QED) is 0.346. The van der Waals surface area contributed by atoms with Crippen LogP contribution in [0.4, 0.5) is 0 Å². The summed E-state index contributed by atoms with van der Waals surface area (Å²) in [5.74, 6) is 1.18. The average Bonchev–Trinajstić information content (AvgIpc) is 3.37. The summed E-state index contributed by atoms with van der Waals surface area (Å²) >= 11 is 6.08. The Morgan fingerprint density at radius 2 is 1.81 bits per heavy atom. The number of hydrogen-bond acceptors (Lipinski definition) is 5. The summed E-state index contributed by atoms with van der Waals surface area (Å²) in [6.45, 7) is 4.25. The number of piperidine rings is 1. The number of carbonyl (C=O) groups is 1. The van der Waals surface area contributed by atoms with Crippen molar-refractivity contribution in [1.82, 2.24) is 20.4 Å². The van der Waals surface area contributed by atoms with Crippen molar-refractivity contribution in [3.63, 3.8) is 0 Å². The third-order valence-electron chi connectivity index (χ3n) is 6.79. The molecule has 0 spiro atoms. The predicted molar refractivity (Wildman–Crippen MR) is 140 cm³/mol. The highest BCUT2D eigenvalue weighted by molar-refractivity contribution is 6.30. The number of benzene rings is 3. The number of hydrogen-bond donors (Lipinski definition) is 1. The van der Waals surface area contributed by atoms with E-state index in [-0.39, 0.29) is 17.9 Å². The van der Waals surface area contributed by atoms with Crippen LogP contribution in [0.5, 0.6) is 0 Å². The molecular weight excluding hydrogens is 472 g/mol. The number of amides is 1. The SMILES string of the molecule is Cc1ccccc1C(NC(=O)C1CCN(Cc2nc(-c3cccc(Cl)c3)no2)CC1)c1ccccc1. The number of nitrogens with zero attached hydrogens (tertiary/aromatic N) is 3. The average molecular weight is 501 g/mol. The smallest absolute Gasteiger partial charge is 0.241 e. The summed E-state index contributed by atoms with van der Waals surface area (Å²) in [4.78, 5) is 20.1. The zero-order valence-electron chi connectivity index (χ0n) is 20.2. The number of aromatic nitrogens is 2. The molecule has 0 radical (unpaired) electrons. The fourth-order valence-corrected chi connectivity index (χ4v) is 4.96. The lowest BCUT2D eigenvalue weighted by atomic mass is 9.92. The minimum atomic E-state index is -0.166. The first-order chi connectivity index (χ1) is 17.6. The first-order valence-electron chi connectivity index (χ1n) is 12.3. The van der Waals surface area contributed by atoms with Gasteiger partial charge >= 0.3 is 0 Å². The maximum Gasteiger partial charge on any atom is 0.241 e.